The first-order valence-corrected chi connectivity index (χ1v) is 53.1. The van der Waals surface area contributed by atoms with Crippen molar-refractivity contribution in [1.82, 2.24) is 10.4 Å². The molecule has 1 fully saturated rings. The number of hydroxylamine groups is 1. The molecule has 781 valence electrons. The Morgan fingerprint density at radius 3 is 1.22 bits per heavy atom. The molecule has 15 nitrogen and oxygen atoms in total. The number of allylic oxidation sites excluding steroid dienone is 1. The minimum atomic E-state index is -1.74. The van der Waals surface area contributed by atoms with Gasteiger partial charge in [0.05, 0.1) is 12.2 Å². The quantitative estimate of drug-likeness (QED) is 0.00304. The number of carboxylic acid groups (broad SMARTS) is 4. The first-order chi connectivity index (χ1) is 70.7. The monoisotopic (exact) mass is 2140 g/mol. The number of unbranched alkanes of at least 4 members (excludes halogenated alkanes) is 20. The Morgan fingerprint density at radius 1 is 0.503 bits per heavy atom. The van der Waals surface area contributed by atoms with Gasteiger partial charge in [0, 0.05) is 87.4 Å². The topological polar surface area (TPSA) is 245 Å². The van der Waals surface area contributed by atoms with Gasteiger partial charge >= 0.3 is 30.0 Å². The zero-order valence-corrected chi connectivity index (χ0v) is 89.3. The van der Waals surface area contributed by atoms with Crippen LogP contribution in [0.1, 0.15) is 294 Å². The second-order valence-corrected chi connectivity index (χ2v) is 40.2. The summed E-state index contributed by atoms with van der Waals surface area (Å²) in [6, 6.07) is 66.8. The summed E-state index contributed by atoms with van der Waals surface area (Å²) >= 11 is 3.31. The van der Waals surface area contributed by atoms with Gasteiger partial charge in [-0.3, -0.25) is 34.0 Å². The normalized spacial score (nSPS) is 11.7. The Labute approximate surface area is 894 Å². The van der Waals surface area contributed by atoms with Crippen LogP contribution in [-0.2, 0) is 65.6 Å². The Morgan fingerprint density at radius 2 is 0.855 bits per heavy atom. The Hall–Kier alpha value is -10.5. The van der Waals surface area contributed by atoms with E-state index in [1.165, 1.54) is 63.3 Å². The largest absolute Gasteiger partial charge is 1.00 e. The molecule has 145 heavy (non-hydrogen) atoms. The predicted molar refractivity (Wildman–Crippen MR) is 596 cm³/mol. The SMILES string of the molecule is C.C#CC#CC.Cc1cc(C=CCCCCCC(=O)O)ccc1F.Cc1cc(CCCCCCCC(=O)N2C(=O)OC[C@H]2Cc2ccccc2)ccc1F.Cc1cc(CCCCCCCC(=O)O)ccc1F.Cc1cc(CCCCCC[C@@H](Cc2cc(C)c(F)c(C)c2)C(=O)NO)ccc1F.O=C(O)CCCCCCBr.O=C(O)CCCCCC[P+](c1ccccc1)(c1ccccc1)c1ccccc1.[2HH].[2H][2H].[2H][2H].[B][B]B([B])[B].[Br-]. The van der Waals surface area contributed by atoms with Crippen LogP contribution in [0.3, 0.4) is 0 Å². The molecule has 1 aliphatic rings. The van der Waals surface area contributed by atoms with E-state index in [0.717, 1.165) is 220 Å². The summed E-state index contributed by atoms with van der Waals surface area (Å²) in [5, 5.41) is 48.4. The zero-order valence-electron chi connectivity index (χ0n) is 89.2. The van der Waals surface area contributed by atoms with E-state index < -0.39 is 49.5 Å². The highest BCUT2D eigenvalue weighted by Gasteiger charge is 2.45. The number of imide groups is 1. The molecule has 0 unspecified atom stereocenters. The van der Waals surface area contributed by atoms with Crippen molar-refractivity contribution in [3.63, 3.8) is 0 Å². The number of carbonyl (C=O) groups excluding carboxylic acids is 3. The molecular weight excluding hydrogens is 1980 g/mol. The van der Waals surface area contributed by atoms with Crippen molar-refractivity contribution in [1.29, 1.82) is 0 Å². The van der Waals surface area contributed by atoms with Crippen molar-refractivity contribution in [3.8, 4) is 24.2 Å². The number of cyclic esters (lactones) is 1. The second kappa shape index (κ2) is 80.6. The Kier molecular flexibility index (Phi) is 71.5. The summed E-state index contributed by atoms with van der Waals surface area (Å²) in [4.78, 5) is 79.3. The summed E-state index contributed by atoms with van der Waals surface area (Å²) in [5.41, 5.74) is 12.1. The van der Waals surface area contributed by atoms with Crippen LogP contribution in [0.4, 0.5) is 26.7 Å². The lowest BCUT2D eigenvalue weighted by Gasteiger charge is -2.27. The number of nitrogens with one attached hydrogen (secondary N) is 1. The maximum absolute atomic E-state index is 13.8. The van der Waals surface area contributed by atoms with Crippen LogP contribution in [0, 0.1) is 101 Å². The smallest absolute Gasteiger partial charge is 0.416 e. The van der Waals surface area contributed by atoms with E-state index >= 15 is 0 Å². The van der Waals surface area contributed by atoms with Gasteiger partial charge in [-0.05, 0) is 316 Å². The highest BCUT2D eigenvalue weighted by atomic mass is 79.9. The van der Waals surface area contributed by atoms with Crippen molar-refractivity contribution in [2.45, 2.75) is 300 Å². The summed E-state index contributed by atoms with van der Waals surface area (Å²) in [7, 11) is 14.1. The van der Waals surface area contributed by atoms with Crippen molar-refractivity contribution in [3.05, 3.63) is 308 Å². The molecule has 7 radical (unpaired) electrons. The third kappa shape index (κ3) is 58.6. The number of alkyl halides is 1. The average molecular weight is 2140 g/mol. The third-order valence-corrected chi connectivity index (χ3v) is 28.9. The number of rotatable bonds is 52. The molecule has 0 spiro atoms. The van der Waals surface area contributed by atoms with E-state index in [0.29, 0.717) is 65.5 Å². The first kappa shape index (κ1) is 129. The standard InChI is InChI=1S/C25H30FNO3.C25H27O2P.C24H31F2NO2.C15H21FO2.C15H19FO2.C7H13BrO2.C5H4.CH4.B5.BrH.3H2/c1-19-16-21(14-15-23(19)26)12-6-3-2-4-9-13-24(28)27-22(18-30-25(27)29)17-20-10-7-5-8-11-20;26-25(27)20-12-1-2-13-21-28(22-14-6-3-7-15-22,23-16-8-4-9-17-23)24-18-10-5-11-19-24;1-16-12-19(10-11-22(16)25)8-6-4-5-7-9-21(24(28)27-29)15-20-13-17(2)23(26)18(3)14-20;2*1-12-11-13(9-10-14(12)16)7-5-3-2-4-6-8-15(17)18;8-6-4-2-1-3-5-7(9)10;1-3-5-4-2;;1-4-5(2)3;;;;/h5,7-8,10-11,14-16,22H,2-4,6,9,12-13,17-18H2,1H3;3-11,14-19H,1-2,12-13,20-21H2;10-14,21,29H,4-9,15H2,1-3H3,(H,27,28);9-11H,2-8H2,1H3,(H,17,18);5,7,9-11H,2-4,6,8H2,1H3,(H,17,18);1-6H2,(H,9,10);1H,2H3;1H4;;4*1H/t22-;;21-;;;;;;;;;;/m1.0........../s1/i;;;;;;;;;;2*1+1D;1+1. The van der Waals surface area contributed by atoms with Crippen LogP contribution in [0.25, 0.3) is 6.08 Å². The van der Waals surface area contributed by atoms with E-state index in [1.54, 1.807) is 72.1 Å². The van der Waals surface area contributed by atoms with Gasteiger partial charge in [0.25, 0.3) is 0 Å². The van der Waals surface area contributed by atoms with Gasteiger partial charge < -0.3 is 42.1 Å². The van der Waals surface area contributed by atoms with Crippen LogP contribution >= 0.6 is 23.2 Å². The maximum atomic E-state index is 13.8. The molecule has 0 aromatic heterocycles. The van der Waals surface area contributed by atoms with E-state index in [1.807, 2.05) is 84.9 Å². The highest BCUT2D eigenvalue weighted by molar-refractivity contribution is 9.09. The lowest BCUT2D eigenvalue weighted by atomic mass is 8.97. The first-order valence-electron chi connectivity index (χ1n) is 52.1. The van der Waals surface area contributed by atoms with Crippen LogP contribution in [0.2, 0.25) is 0 Å². The number of terminal acetylenes is 1. The number of aliphatic carboxylic acids is 4. The molecule has 1 heterocycles. The summed E-state index contributed by atoms with van der Waals surface area (Å²) < 4.78 is 91.6. The van der Waals surface area contributed by atoms with E-state index in [-0.39, 0.29) is 98.7 Å². The van der Waals surface area contributed by atoms with Gasteiger partial charge in [0.2, 0.25) is 11.8 Å². The van der Waals surface area contributed by atoms with Gasteiger partial charge in [-0.1, -0.05) is 264 Å². The zero-order chi connectivity index (χ0) is 109. The molecule has 0 bridgehead atoms. The molecule has 1 saturated heterocycles. The lowest BCUT2D eigenvalue weighted by Crippen LogP contribution is -3.00. The summed E-state index contributed by atoms with van der Waals surface area (Å²) in [5.74, 6) is 2.51. The van der Waals surface area contributed by atoms with Crippen LogP contribution in [0.5, 0.6) is 0 Å². The van der Waals surface area contributed by atoms with E-state index in [2.05, 4.69) is 125 Å². The fraction of sp³-hybridized carbons (Fsp3) is 0.427. The van der Waals surface area contributed by atoms with Gasteiger partial charge in [-0.2, -0.15) is 0 Å². The Balaban J connectivity index is -0.00000171. The van der Waals surface area contributed by atoms with E-state index in [4.69, 9.17) is 65.9 Å². The molecule has 10 rings (SSSR count). The summed E-state index contributed by atoms with van der Waals surface area (Å²) in [6.45, 7) is 12.5. The number of hydrogen-bond acceptors (Lipinski definition) is 9. The van der Waals surface area contributed by atoms with Gasteiger partial charge in [-0.25, -0.2) is 37.1 Å². The number of nitrogens with zero attached hydrogens (tertiary/aromatic N) is 1. The molecule has 9 aromatic carbocycles. The maximum Gasteiger partial charge on any atom is 0.416 e. The molecule has 3 amide bonds. The third-order valence-electron chi connectivity index (χ3n) is 23.8. The Bertz CT molecular complexity index is 5230. The van der Waals surface area contributed by atoms with Crippen molar-refractivity contribution in [2.75, 3.05) is 18.1 Å². The predicted octanol–water partition coefficient (Wildman–Crippen LogP) is 24.2. The number of ether oxygens (including phenoxy) is 1. The van der Waals surface area contributed by atoms with Crippen molar-refractivity contribution in [2.24, 2.45) is 5.92 Å². The number of aryl methyl sites for hydroxylation is 9. The molecule has 9 aromatic rings. The van der Waals surface area contributed by atoms with Crippen LogP contribution in [0.15, 0.2) is 212 Å². The number of amides is 3. The van der Waals surface area contributed by atoms with Gasteiger partial charge in [0.1, 0.15) is 58.9 Å². The number of carboxylic acids is 4. The molecule has 0 aliphatic carbocycles. The minimum Gasteiger partial charge on any atom is -1.00 e. The van der Waals surface area contributed by atoms with Gasteiger partial charge in [-0.15, -0.1) is 6.42 Å². The minimum absolute atomic E-state index is 0. The van der Waals surface area contributed by atoms with Crippen LogP contribution < -0.4 is 38.4 Å². The highest BCUT2D eigenvalue weighted by Crippen LogP contribution is 2.56. The number of halogens is 7. The average Bonchev–Trinajstić information content (AvgIpc) is 0.820. The number of hydrogen-bond donors (Lipinski definition) is 6. The fourth-order valence-electron chi connectivity index (χ4n) is 16.1. The molecule has 1 aliphatic heterocycles. The van der Waals surface area contributed by atoms with Gasteiger partial charge in [0.15, 0.2) is 0 Å². The molecule has 28 heteroatoms. The number of benzene rings is 9. The van der Waals surface area contributed by atoms with Crippen molar-refractivity contribution < 1.29 is 110 Å². The number of carbonyl (C=O) groups is 7. The van der Waals surface area contributed by atoms with Crippen molar-refractivity contribution >= 4 is 124 Å². The molecule has 6 N–H and O–H groups in total. The lowest BCUT2D eigenvalue weighted by molar-refractivity contribution is -0.138. The molecule has 2 atom stereocenters. The molecular formula is C117H156B5Br2F5N2O13P. The fourth-order valence-corrected chi connectivity index (χ4v) is 20.9. The summed E-state index contributed by atoms with van der Waals surface area (Å²) in [6.07, 6.45) is 40.4. The second-order valence-electron chi connectivity index (χ2n) is 35.8. The van der Waals surface area contributed by atoms with E-state index in [9.17, 15) is 55.5 Å². The van der Waals surface area contributed by atoms with Crippen LogP contribution in [-0.4, -0.2) is 133 Å². The molecule has 0 saturated carbocycles.